The van der Waals surface area contributed by atoms with Crippen LogP contribution >= 0.6 is 0 Å². The van der Waals surface area contributed by atoms with Crippen molar-refractivity contribution in [2.45, 2.75) is 25.9 Å². The molecule has 8 heteroatoms. The van der Waals surface area contributed by atoms with Gasteiger partial charge >= 0.3 is 12.0 Å². The molecule has 0 aliphatic rings. The Hall–Kier alpha value is -2.38. The molecule has 1 aromatic rings. The molecule has 0 fully saturated rings. The molecule has 3 N–H and O–H groups in total. The van der Waals surface area contributed by atoms with Crippen LogP contribution in [0, 0.1) is 0 Å². The Labute approximate surface area is 110 Å². The van der Waals surface area contributed by atoms with Crippen LogP contribution in [-0.4, -0.2) is 44.7 Å². The van der Waals surface area contributed by atoms with E-state index in [4.69, 9.17) is 5.11 Å². The number of aromatic nitrogens is 3. The summed E-state index contributed by atoms with van der Waals surface area (Å²) in [5.74, 6) is -1.13. The van der Waals surface area contributed by atoms with Crippen molar-refractivity contribution in [1.29, 1.82) is 0 Å². The zero-order valence-electron chi connectivity index (χ0n) is 10.7. The number of urea groups is 1. The van der Waals surface area contributed by atoms with Crippen LogP contribution in [0.25, 0.3) is 0 Å². The molecule has 1 aromatic heterocycles. The number of amides is 2. The first-order valence-corrected chi connectivity index (χ1v) is 5.81. The Morgan fingerprint density at radius 1 is 1.63 bits per heavy atom. The molecule has 104 valence electrons. The lowest BCUT2D eigenvalue weighted by atomic mass is 10.2. The second-order valence-corrected chi connectivity index (χ2v) is 4.00. The fraction of sp³-hybridized carbons (Fsp3) is 0.455. The number of hydrogen-bond acceptors (Lipinski definition) is 4. The van der Waals surface area contributed by atoms with Crippen LogP contribution in [0.2, 0.25) is 0 Å². The number of carbonyl (C=O) groups is 2. The van der Waals surface area contributed by atoms with Crippen molar-refractivity contribution in [3.63, 3.8) is 0 Å². The van der Waals surface area contributed by atoms with Crippen LogP contribution in [-0.2, 0) is 6.54 Å². The smallest absolute Gasteiger partial charge is 0.358 e. The summed E-state index contributed by atoms with van der Waals surface area (Å²) >= 11 is 0. The van der Waals surface area contributed by atoms with Crippen molar-refractivity contribution in [2.24, 2.45) is 0 Å². The van der Waals surface area contributed by atoms with Crippen LogP contribution in [0.15, 0.2) is 18.9 Å². The minimum absolute atomic E-state index is 0.0162. The molecule has 0 spiro atoms. The van der Waals surface area contributed by atoms with E-state index in [1.807, 2.05) is 6.92 Å². The van der Waals surface area contributed by atoms with Crippen molar-refractivity contribution >= 4 is 12.0 Å². The van der Waals surface area contributed by atoms with Gasteiger partial charge in [-0.2, -0.15) is 0 Å². The molecule has 1 atom stereocenters. The number of carboxylic acid groups (broad SMARTS) is 1. The highest BCUT2D eigenvalue weighted by atomic mass is 16.4. The van der Waals surface area contributed by atoms with Crippen LogP contribution in [0.5, 0.6) is 0 Å². The number of carbonyl (C=O) groups excluding carboxylic acids is 1. The standard InChI is InChI=1S/C11H17N5O3/c1-3-4-8(2)13-11(19)12-5-6-16-7-9(10(17)18)14-15-16/h3,7-8H,1,4-6H2,2H3,(H,17,18)(H2,12,13,19). The molecule has 0 aromatic carbocycles. The average molecular weight is 267 g/mol. The van der Waals surface area contributed by atoms with Crippen molar-refractivity contribution in [1.82, 2.24) is 25.6 Å². The first-order valence-electron chi connectivity index (χ1n) is 5.81. The second-order valence-electron chi connectivity index (χ2n) is 4.00. The van der Waals surface area contributed by atoms with Gasteiger partial charge in [0.05, 0.1) is 12.7 Å². The molecule has 0 saturated heterocycles. The van der Waals surface area contributed by atoms with Gasteiger partial charge in [-0.3, -0.25) is 0 Å². The quantitative estimate of drug-likeness (QED) is 0.613. The third kappa shape index (κ3) is 5.19. The Morgan fingerprint density at radius 2 is 2.37 bits per heavy atom. The Morgan fingerprint density at radius 3 is 2.95 bits per heavy atom. The number of carboxylic acids is 1. The van der Waals surface area contributed by atoms with E-state index in [9.17, 15) is 9.59 Å². The van der Waals surface area contributed by atoms with E-state index in [-0.39, 0.29) is 17.8 Å². The van der Waals surface area contributed by atoms with Gasteiger partial charge in [-0.1, -0.05) is 11.3 Å². The molecular formula is C11H17N5O3. The fourth-order valence-electron chi connectivity index (χ4n) is 1.37. The van der Waals surface area contributed by atoms with Gasteiger partial charge in [0, 0.05) is 12.6 Å². The van der Waals surface area contributed by atoms with E-state index in [1.165, 1.54) is 10.9 Å². The van der Waals surface area contributed by atoms with Gasteiger partial charge in [-0.15, -0.1) is 11.7 Å². The molecule has 19 heavy (non-hydrogen) atoms. The molecule has 0 saturated carbocycles. The van der Waals surface area contributed by atoms with Crippen molar-refractivity contribution in [2.75, 3.05) is 6.54 Å². The van der Waals surface area contributed by atoms with Crippen LogP contribution in [0.4, 0.5) is 4.79 Å². The number of aromatic carboxylic acids is 1. The van der Waals surface area contributed by atoms with E-state index in [0.29, 0.717) is 19.5 Å². The van der Waals surface area contributed by atoms with Crippen molar-refractivity contribution in [3.05, 3.63) is 24.5 Å². The summed E-state index contributed by atoms with van der Waals surface area (Å²) in [5, 5.41) is 21.1. The summed E-state index contributed by atoms with van der Waals surface area (Å²) in [6.07, 6.45) is 3.73. The zero-order chi connectivity index (χ0) is 14.3. The third-order valence-corrected chi connectivity index (χ3v) is 2.28. The van der Waals surface area contributed by atoms with Crippen LogP contribution < -0.4 is 10.6 Å². The summed E-state index contributed by atoms with van der Waals surface area (Å²) in [4.78, 5) is 22.0. The minimum Gasteiger partial charge on any atom is -0.476 e. The van der Waals surface area contributed by atoms with E-state index in [0.717, 1.165) is 0 Å². The Bertz CT molecular complexity index is 457. The maximum Gasteiger partial charge on any atom is 0.358 e. The normalized spacial score (nSPS) is 11.6. The molecule has 0 aliphatic carbocycles. The van der Waals surface area contributed by atoms with Crippen molar-refractivity contribution < 1.29 is 14.7 Å². The zero-order valence-corrected chi connectivity index (χ0v) is 10.7. The molecule has 0 radical (unpaired) electrons. The molecular weight excluding hydrogens is 250 g/mol. The molecule has 1 heterocycles. The topological polar surface area (TPSA) is 109 Å². The monoisotopic (exact) mass is 267 g/mol. The van der Waals surface area contributed by atoms with Gasteiger partial charge < -0.3 is 15.7 Å². The van der Waals surface area contributed by atoms with E-state index < -0.39 is 5.97 Å². The first kappa shape index (κ1) is 14.7. The number of nitrogens with zero attached hydrogens (tertiary/aromatic N) is 3. The van der Waals surface area contributed by atoms with Gasteiger partial charge in [-0.25, -0.2) is 14.3 Å². The highest BCUT2D eigenvalue weighted by Crippen LogP contribution is 1.92. The average Bonchev–Trinajstić information content (AvgIpc) is 2.78. The summed E-state index contributed by atoms with van der Waals surface area (Å²) in [7, 11) is 0. The van der Waals surface area contributed by atoms with E-state index in [2.05, 4.69) is 27.5 Å². The summed E-state index contributed by atoms with van der Waals surface area (Å²) in [6.45, 7) is 6.14. The number of nitrogens with one attached hydrogen (secondary N) is 2. The molecule has 0 aliphatic heterocycles. The fourth-order valence-corrected chi connectivity index (χ4v) is 1.37. The maximum absolute atomic E-state index is 11.4. The van der Waals surface area contributed by atoms with Gasteiger partial charge in [0.25, 0.3) is 0 Å². The van der Waals surface area contributed by atoms with Gasteiger partial charge in [0.2, 0.25) is 0 Å². The minimum atomic E-state index is -1.13. The lowest BCUT2D eigenvalue weighted by molar-refractivity contribution is 0.0690. The number of rotatable bonds is 7. The van der Waals surface area contributed by atoms with E-state index in [1.54, 1.807) is 6.08 Å². The predicted molar refractivity (Wildman–Crippen MR) is 67.8 cm³/mol. The Balaban J connectivity index is 2.27. The lowest BCUT2D eigenvalue weighted by Crippen LogP contribution is -2.41. The molecule has 1 unspecified atom stereocenters. The van der Waals surface area contributed by atoms with Gasteiger partial charge in [0.1, 0.15) is 0 Å². The maximum atomic E-state index is 11.4. The SMILES string of the molecule is C=CCC(C)NC(=O)NCCn1cc(C(=O)O)nn1. The highest BCUT2D eigenvalue weighted by molar-refractivity contribution is 5.84. The molecule has 0 bridgehead atoms. The van der Waals surface area contributed by atoms with Crippen molar-refractivity contribution in [3.8, 4) is 0 Å². The molecule has 1 rings (SSSR count). The molecule has 2 amide bonds. The Kier molecular flexibility index (Phi) is 5.52. The highest BCUT2D eigenvalue weighted by Gasteiger charge is 2.08. The first-order chi connectivity index (χ1) is 9.02. The van der Waals surface area contributed by atoms with Gasteiger partial charge in [-0.05, 0) is 13.3 Å². The van der Waals surface area contributed by atoms with Crippen LogP contribution in [0.3, 0.4) is 0 Å². The second kappa shape index (κ2) is 7.14. The predicted octanol–water partition coefficient (Wildman–Crippen LogP) is 0.240. The number of hydrogen-bond donors (Lipinski definition) is 3. The third-order valence-electron chi connectivity index (χ3n) is 2.28. The summed E-state index contributed by atoms with van der Waals surface area (Å²) in [5.41, 5.74) is -0.121. The van der Waals surface area contributed by atoms with Crippen LogP contribution in [0.1, 0.15) is 23.8 Å². The largest absolute Gasteiger partial charge is 0.476 e. The lowest BCUT2D eigenvalue weighted by Gasteiger charge is -2.12. The summed E-state index contributed by atoms with van der Waals surface area (Å²) in [6, 6.07) is -0.268. The van der Waals surface area contributed by atoms with E-state index >= 15 is 0 Å². The van der Waals surface area contributed by atoms with Gasteiger partial charge in [0.15, 0.2) is 5.69 Å². The summed E-state index contributed by atoms with van der Waals surface area (Å²) < 4.78 is 1.36. The molecule has 8 nitrogen and oxygen atoms in total.